The smallest absolute Gasteiger partial charge is 0.262 e. The number of aromatic nitrogens is 2. The molecule has 0 fully saturated rings. The number of nitrogens with one attached hydrogen (secondary N) is 2. The molecule has 5 nitrogen and oxygen atoms in total. The predicted molar refractivity (Wildman–Crippen MR) is 90.8 cm³/mol. The van der Waals surface area contributed by atoms with Crippen LogP contribution in [0.1, 0.15) is 38.1 Å². The van der Waals surface area contributed by atoms with Crippen molar-refractivity contribution in [1.82, 2.24) is 14.9 Å². The summed E-state index contributed by atoms with van der Waals surface area (Å²) in [4.78, 5) is 27.6. The Morgan fingerprint density at radius 3 is 2.64 bits per heavy atom. The molecule has 0 saturated carbocycles. The number of amides is 1. The second kappa shape index (κ2) is 6.44. The van der Waals surface area contributed by atoms with E-state index in [0.29, 0.717) is 33.7 Å². The zero-order valence-corrected chi connectivity index (χ0v) is 14.1. The third kappa shape index (κ3) is 3.11. The molecule has 0 saturated heterocycles. The van der Waals surface area contributed by atoms with Gasteiger partial charge in [0.2, 0.25) is 0 Å². The lowest BCUT2D eigenvalue weighted by molar-refractivity contribution is 0.0930. The van der Waals surface area contributed by atoms with Gasteiger partial charge in [0.1, 0.15) is 0 Å². The van der Waals surface area contributed by atoms with Gasteiger partial charge in [-0.3, -0.25) is 14.2 Å². The highest BCUT2D eigenvalue weighted by Crippen LogP contribution is 2.12. The fraction of sp³-hybridized carbons (Fsp3) is 0.438. The van der Waals surface area contributed by atoms with Gasteiger partial charge in [-0.05, 0) is 50.2 Å². The summed E-state index contributed by atoms with van der Waals surface area (Å²) in [5.74, 6) is 0.203. The molecule has 2 N–H and O–H groups in total. The highest BCUT2D eigenvalue weighted by atomic mass is 32.1. The SMILES string of the molecule is CCn1c(=S)[nH]c2cc(C(=O)N[C@@H](C)C(C)C)ccc2c1=O. The Morgan fingerprint density at radius 2 is 2.05 bits per heavy atom. The largest absolute Gasteiger partial charge is 0.349 e. The molecule has 22 heavy (non-hydrogen) atoms. The van der Waals surface area contributed by atoms with E-state index in [0.717, 1.165) is 0 Å². The van der Waals surface area contributed by atoms with Crippen LogP contribution < -0.4 is 10.9 Å². The molecule has 0 aliphatic heterocycles. The fourth-order valence-electron chi connectivity index (χ4n) is 2.14. The molecule has 1 atom stereocenters. The number of aromatic amines is 1. The molecule has 0 unspecified atom stereocenters. The van der Waals surface area contributed by atoms with Crippen LogP contribution in [-0.2, 0) is 6.54 Å². The normalized spacial score (nSPS) is 12.6. The molecule has 1 aromatic heterocycles. The van der Waals surface area contributed by atoms with Crippen LogP contribution in [0.4, 0.5) is 0 Å². The Bertz CT molecular complexity index is 820. The summed E-state index contributed by atoms with van der Waals surface area (Å²) in [5.41, 5.74) is 0.965. The lowest BCUT2D eigenvalue weighted by Gasteiger charge is -2.17. The molecule has 1 amide bonds. The lowest BCUT2D eigenvalue weighted by atomic mass is 10.1. The van der Waals surface area contributed by atoms with Crippen LogP contribution in [0, 0.1) is 10.7 Å². The second-order valence-electron chi connectivity index (χ2n) is 5.75. The number of hydrogen-bond acceptors (Lipinski definition) is 3. The second-order valence-corrected chi connectivity index (χ2v) is 6.13. The van der Waals surface area contributed by atoms with E-state index in [9.17, 15) is 9.59 Å². The molecule has 1 heterocycles. The Balaban J connectivity index is 2.46. The van der Waals surface area contributed by atoms with E-state index in [1.165, 1.54) is 4.57 Å². The molecule has 0 aliphatic carbocycles. The number of nitrogens with zero attached hydrogens (tertiary/aromatic N) is 1. The van der Waals surface area contributed by atoms with Gasteiger partial charge in [-0.25, -0.2) is 0 Å². The van der Waals surface area contributed by atoms with Gasteiger partial charge < -0.3 is 10.3 Å². The fourth-order valence-corrected chi connectivity index (χ4v) is 2.46. The van der Waals surface area contributed by atoms with Crippen LogP contribution >= 0.6 is 12.2 Å². The van der Waals surface area contributed by atoms with Gasteiger partial charge in [-0.2, -0.15) is 0 Å². The Labute approximate surface area is 134 Å². The van der Waals surface area contributed by atoms with Crippen molar-refractivity contribution >= 4 is 29.0 Å². The Morgan fingerprint density at radius 1 is 1.36 bits per heavy atom. The molecular formula is C16H21N3O2S. The first kappa shape index (κ1) is 16.4. The molecular weight excluding hydrogens is 298 g/mol. The standard InChI is InChI=1S/C16H21N3O2S/c1-5-19-15(21)12-7-6-11(8-13(12)18-16(19)22)14(20)17-10(4)9(2)3/h6-10H,5H2,1-4H3,(H,17,20)(H,18,22)/t10-/m0/s1. The molecule has 6 heteroatoms. The van der Waals surface area contributed by atoms with Crippen LogP contribution in [-0.4, -0.2) is 21.5 Å². The number of hydrogen-bond donors (Lipinski definition) is 2. The molecule has 118 valence electrons. The summed E-state index contributed by atoms with van der Waals surface area (Å²) in [6.07, 6.45) is 0. The predicted octanol–water partition coefficient (Wildman–Crippen LogP) is 2.85. The van der Waals surface area contributed by atoms with Crippen LogP contribution in [0.15, 0.2) is 23.0 Å². The third-order valence-electron chi connectivity index (χ3n) is 3.92. The van der Waals surface area contributed by atoms with Crippen molar-refractivity contribution < 1.29 is 4.79 Å². The molecule has 2 aromatic rings. The molecule has 0 spiro atoms. The monoisotopic (exact) mass is 319 g/mol. The number of H-pyrrole nitrogens is 1. The minimum absolute atomic E-state index is 0.0785. The van der Waals surface area contributed by atoms with Gasteiger partial charge in [0.25, 0.3) is 11.5 Å². The average Bonchev–Trinajstić information content (AvgIpc) is 2.46. The van der Waals surface area contributed by atoms with Gasteiger partial charge in [0.05, 0.1) is 10.9 Å². The van der Waals surface area contributed by atoms with Crippen molar-refractivity contribution in [3.05, 3.63) is 38.9 Å². The molecule has 0 bridgehead atoms. The van der Waals surface area contributed by atoms with Crippen molar-refractivity contribution in [1.29, 1.82) is 0 Å². The summed E-state index contributed by atoms with van der Waals surface area (Å²) in [6, 6.07) is 5.09. The van der Waals surface area contributed by atoms with E-state index >= 15 is 0 Å². The van der Waals surface area contributed by atoms with Crippen LogP contribution in [0.5, 0.6) is 0 Å². The van der Waals surface area contributed by atoms with E-state index in [2.05, 4.69) is 24.1 Å². The minimum Gasteiger partial charge on any atom is -0.349 e. The van der Waals surface area contributed by atoms with Crippen LogP contribution in [0.25, 0.3) is 10.9 Å². The average molecular weight is 319 g/mol. The Hall–Kier alpha value is -1.95. The van der Waals surface area contributed by atoms with Gasteiger partial charge in [-0.15, -0.1) is 0 Å². The summed E-state index contributed by atoms with van der Waals surface area (Å²) in [6.45, 7) is 8.45. The number of carbonyl (C=O) groups excluding carboxylic acids is 1. The third-order valence-corrected chi connectivity index (χ3v) is 4.24. The highest BCUT2D eigenvalue weighted by molar-refractivity contribution is 7.71. The van der Waals surface area contributed by atoms with Crippen molar-refractivity contribution in [3.63, 3.8) is 0 Å². The maximum Gasteiger partial charge on any atom is 0.262 e. The maximum atomic E-state index is 12.3. The van der Waals surface area contributed by atoms with E-state index in [-0.39, 0.29) is 17.5 Å². The number of benzene rings is 1. The van der Waals surface area contributed by atoms with Crippen molar-refractivity contribution in [2.75, 3.05) is 0 Å². The van der Waals surface area contributed by atoms with Gasteiger partial charge >= 0.3 is 0 Å². The first-order valence-corrected chi connectivity index (χ1v) is 7.83. The summed E-state index contributed by atoms with van der Waals surface area (Å²) >= 11 is 5.19. The van der Waals surface area contributed by atoms with Gasteiger partial charge in [-0.1, -0.05) is 13.8 Å². The minimum atomic E-state index is -0.151. The summed E-state index contributed by atoms with van der Waals surface area (Å²) in [7, 11) is 0. The van der Waals surface area contributed by atoms with E-state index in [4.69, 9.17) is 12.2 Å². The van der Waals surface area contributed by atoms with Crippen molar-refractivity contribution in [2.45, 2.75) is 40.3 Å². The molecule has 2 rings (SSSR count). The first-order valence-electron chi connectivity index (χ1n) is 7.43. The molecule has 0 radical (unpaired) electrons. The zero-order valence-electron chi connectivity index (χ0n) is 13.3. The van der Waals surface area contributed by atoms with Crippen molar-refractivity contribution in [2.24, 2.45) is 5.92 Å². The number of carbonyl (C=O) groups is 1. The number of rotatable bonds is 4. The van der Waals surface area contributed by atoms with Gasteiger partial charge in [0, 0.05) is 18.2 Å². The molecule has 0 aliphatic rings. The summed E-state index contributed by atoms with van der Waals surface area (Å²) in [5, 5.41) is 3.48. The number of fused-ring (bicyclic) bond motifs is 1. The summed E-state index contributed by atoms with van der Waals surface area (Å²) < 4.78 is 1.87. The van der Waals surface area contributed by atoms with E-state index in [1.807, 2.05) is 13.8 Å². The van der Waals surface area contributed by atoms with Crippen molar-refractivity contribution in [3.8, 4) is 0 Å². The topological polar surface area (TPSA) is 66.9 Å². The van der Waals surface area contributed by atoms with E-state index in [1.54, 1.807) is 18.2 Å². The first-order chi connectivity index (χ1) is 10.3. The Kier molecular flexibility index (Phi) is 4.81. The van der Waals surface area contributed by atoms with E-state index < -0.39 is 0 Å². The highest BCUT2D eigenvalue weighted by Gasteiger charge is 2.14. The maximum absolute atomic E-state index is 12.3. The zero-order chi connectivity index (χ0) is 16.4. The quantitative estimate of drug-likeness (QED) is 0.852. The van der Waals surface area contributed by atoms with Crippen LogP contribution in [0.3, 0.4) is 0 Å². The molecule has 1 aromatic carbocycles. The van der Waals surface area contributed by atoms with Crippen LogP contribution in [0.2, 0.25) is 0 Å². The lowest BCUT2D eigenvalue weighted by Crippen LogP contribution is -2.36. The van der Waals surface area contributed by atoms with Gasteiger partial charge in [0.15, 0.2) is 4.77 Å².